The number of hydrogen-bond donors (Lipinski definition) is 1. The molecule has 4 nitrogen and oxygen atoms in total. The van der Waals surface area contributed by atoms with Crippen LogP contribution in [0.25, 0.3) is 5.69 Å². The predicted molar refractivity (Wildman–Crippen MR) is 55.2 cm³/mol. The number of aromatic nitrogens is 3. The Morgan fingerprint density at radius 1 is 1.19 bits per heavy atom. The summed E-state index contributed by atoms with van der Waals surface area (Å²) >= 11 is 0. The standard InChI is InChI=1S/C10H10F2N4/c1-5-14-6(2)16(15-5)10-8(11)3-7(13)4-9(10)12/h3-4H,13H2,1-2H3. The van der Waals surface area contributed by atoms with Crippen molar-refractivity contribution in [2.75, 3.05) is 5.73 Å². The molecule has 16 heavy (non-hydrogen) atoms. The summed E-state index contributed by atoms with van der Waals surface area (Å²) in [5.74, 6) is -0.649. The van der Waals surface area contributed by atoms with Crippen LogP contribution in [0, 0.1) is 25.5 Å². The molecular weight excluding hydrogens is 214 g/mol. The van der Waals surface area contributed by atoms with Gasteiger partial charge in [0.05, 0.1) is 0 Å². The van der Waals surface area contributed by atoms with Crippen molar-refractivity contribution in [1.82, 2.24) is 14.8 Å². The van der Waals surface area contributed by atoms with Crippen LogP contribution in [0.3, 0.4) is 0 Å². The van der Waals surface area contributed by atoms with Crippen molar-refractivity contribution in [3.05, 3.63) is 35.4 Å². The van der Waals surface area contributed by atoms with E-state index in [0.717, 1.165) is 16.8 Å². The highest BCUT2D eigenvalue weighted by atomic mass is 19.1. The SMILES string of the molecule is Cc1nc(C)n(-c2c(F)cc(N)cc2F)n1. The molecule has 0 aliphatic heterocycles. The fourth-order valence-electron chi connectivity index (χ4n) is 1.52. The van der Waals surface area contributed by atoms with Gasteiger partial charge in [-0.3, -0.25) is 0 Å². The summed E-state index contributed by atoms with van der Waals surface area (Å²) < 4.78 is 28.3. The maximum absolute atomic E-state index is 13.6. The molecule has 0 bridgehead atoms. The molecule has 0 saturated heterocycles. The Labute approximate surface area is 90.7 Å². The normalized spacial score (nSPS) is 10.8. The Bertz CT molecular complexity index is 525. The van der Waals surface area contributed by atoms with Gasteiger partial charge in [-0.15, -0.1) is 0 Å². The van der Waals surface area contributed by atoms with E-state index in [2.05, 4.69) is 10.1 Å². The summed E-state index contributed by atoms with van der Waals surface area (Å²) in [6.07, 6.45) is 0. The van der Waals surface area contributed by atoms with E-state index in [0.29, 0.717) is 11.6 Å². The number of halogens is 2. The molecule has 2 rings (SSSR count). The Kier molecular flexibility index (Phi) is 2.34. The van der Waals surface area contributed by atoms with Crippen molar-refractivity contribution in [3.63, 3.8) is 0 Å². The van der Waals surface area contributed by atoms with Crippen LogP contribution in [0.15, 0.2) is 12.1 Å². The third kappa shape index (κ3) is 1.62. The Hall–Kier alpha value is -1.98. The molecule has 0 radical (unpaired) electrons. The zero-order valence-electron chi connectivity index (χ0n) is 8.83. The Morgan fingerprint density at radius 3 is 2.19 bits per heavy atom. The molecule has 6 heteroatoms. The molecule has 1 aromatic carbocycles. The molecule has 0 amide bonds. The lowest BCUT2D eigenvalue weighted by Gasteiger charge is -2.06. The number of hydrogen-bond acceptors (Lipinski definition) is 3. The number of benzene rings is 1. The van der Waals surface area contributed by atoms with Crippen LogP contribution >= 0.6 is 0 Å². The van der Waals surface area contributed by atoms with Crippen LogP contribution in [0.2, 0.25) is 0 Å². The molecule has 1 aromatic heterocycles. The summed E-state index contributed by atoms with van der Waals surface area (Å²) in [6, 6.07) is 2.10. The van der Waals surface area contributed by atoms with Gasteiger partial charge >= 0.3 is 0 Å². The van der Waals surface area contributed by atoms with Gasteiger partial charge in [0, 0.05) is 5.69 Å². The van der Waals surface area contributed by atoms with Crippen LogP contribution < -0.4 is 5.73 Å². The number of nitrogens with two attached hydrogens (primary N) is 1. The van der Waals surface area contributed by atoms with E-state index in [1.807, 2.05) is 0 Å². The van der Waals surface area contributed by atoms with E-state index in [4.69, 9.17) is 5.73 Å². The zero-order chi connectivity index (χ0) is 11.9. The summed E-state index contributed by atoms with van der Waals surface area (Å²) in [5, 5.41) is 3.92. The smallest absolute Gasteiger partial charge is 0.154 e. The topological polar surface area (TPSA) is 56.7 Å². The van der Waals surface area contributed by atoms with Crippen LogP contribution in [-0.4, -0.2) is 14.8 Å². The van der Waals surface area contributed by atoms with E-state index in [1.54, 1.807) is 13.8 Å². The first-order valence-corrected chi connectivity index (χ1v) is 4.64. The third-order valence-corrected chi connectivity index (χ3v) is 2.13. The van der Waals surface area contributed by atoms with Crippen molar-refractivity contribution in [3.8, 4) is 5.69 Å². The van der Waals surface area contributed by atoms with Crippen LogP contribution in [-0.2, 0) is 0 Å². The van der Waals surface area contributed by atoms with Gasteiger partial charge < -0.3 is 5.73 Å². The fraction of sp³-hybridized carbons (Fsp3) is 0.200. The van der Waals surface area contributed by atoms with E-state index in [9.17, 15) is 8.78 Å². The van der Waals surface area contributed by atoms with Gasteiger partial charge in [0.25, 0.3) is 0 Å². The van der Waals surface area contributed by atoms with Gasteiger partial charge in [0.15, 0.2) is 11.6 Å². The van der Waals surface area contributed by atoms with Gasteiger partial charge in [0.2, 0.25) is 0 Å². The maximum atomic E-state index is 13.6. The highest BCUT2D eigenvalue weighted by molar-refractivity contribution is 5.47. The second-order valence-corrected chi connectivity index (χ2v) is 3.45. The molecule has 0 atom stereocenters. The second-order valence-electron chi connectivity index (χ2n) is 3.45. The summed E-state index contributed by atoms with van der Waals surface area (Å²) in [5.41, 5.74) is 5.10. The van der Waals surface area contributed by atoms with Gasteiger partial charge in [-0.25, -0.2) is 18.4 Å². The first-order valence-electron chi connectivity index (χ1n) is 4.64. The molecule has 2 aromatic rings. The van der Waals surface area contributed by atoms with E-state index >= 15 is 0 Å². The lowest BCUT2D eigenvalue weighted by Crippen LogP contribution is -2.06. The van der Waals surface area contributed by atoms with Gasteiger partial charge in [-0.05, 0) is 26.0 Å². The lowest BCUT2D eigenvalue weighted by atomic mass is 10.2. The van der Waals surface area contributed by atoms with Crippen LogP contribution in [0.1, 0.15) is 11.6 Å². The van der Waals surface area contributed by atoms with Crippen LogP contribution in [0.4, 0.5) is 14.5 Å². The number of nitrogen functional groups attached to an aromatic ring is 1. The van der Waals surface area contributed by atoms with Crippen LogP contribution in [0.5, 0.6) is 0 Å². The molecule has 0 aliphatic rings. The average molecular weight is 224 g/mol. The van der Waals surface area contributed by atoms with Gasteiger partial charge in [0.1, 0.15) is 17.3 Å². The minimum atomic E-state index is -0.759. The van der Waals surface area contributed by atoms with Gasteiger partial charge in [-0.1, -0.05) is 0 Å². The molecule has 0 aliphatic carbocycles. The minimum absolute atomic E-state index is 0.0354. The van der Waals surface area contributed by atoms with E-state index < -0.39 is 11.6 Å². The molecule has 0 unspecified atom stereocenters. The number of rotatable bonds is 1. The fourth-order valence-corrected chi connectivity index (χ4v) is 1.52. The first-order chi connectivity index (χ1) is 7.49. The monoisotopic (exact) mass is 224 g/mol. The highest BCUT2D eigenvalue weighted by Crippen LogP contribution is 2.21. The highest BCUT2D eigenvalue weighted by Gasteiger charge is 2.16. The minimum Gasteiger partial charge on any atom is -0.399 e. The molecular formula is C10H10F2N4. The largest absolute Gasteiger partial charge is 0.399 e. The lowest BCUT2D eigenvalue weighted by molar-refractivity contribution is 0.557. The quantitative estimate of drug-likeness (QED) is 0.751. The molecule has 84 valence electrons. The Balaban J connectivity index is 2.69. The van der Waals surface area contributed by atoms with Crippen molar-refractivity contribution < 1.29 is 8.78 Å². The molecule has 1 heterocycles. The molecule has 0 saturated carbocycles. The van der Waals surface area contributed by atoms with E-state index in [1.165, 1.54) is 0 Å². The number of nitrogens with zero attached hydrogens (tertiary/aromatic N) is 3. The zero-order valence-corrected chi connectivity index (χ0v) is 8.83. The summed E-state index contributed by atoms with van der Waals surface area (Å²) in [4.78, 5) is 3.98. The number of aryl methyl sites for hydroxylation is 2. The summed E-state index contributed by atoms with van der Waals surface area (Å²) in [7, 11) is 0. The van der Waals surface area contributed by atoms with Crippen molar-refractivity contribution >= 4 is 5.69 Å². The number of anilines is 1. The average Bonchev–Trinajstić information content (AvgIpc) is 2.43. The first kappa shape index (κ1) is 10.5. The summed E-state index contributed by atoms with van der Waals surface area (Å²) in [6.45, 7) is 3.27. The van der Waals surface area contributed by atoms with Crippen molar-refractivity contribution in [2.24, 2.45) is 0 Å². The van der Waals surface area contributed by atoms with E-state index in [-0.39, 0.29) is 11.4 Å². The predicted octanol–water partition coefficient (Wildman–Crippen LogP) is 1.74. The second kappa shape index (κ2) is 3.55. The van der Waals surface area contributed by atoms with Gasteiger partial charge in [-0.2, -0.15) is 5.10 Å². The van der Waals surface area contributed by atoms with Crippen molar-refractivity contribution in [2.45, 2.75) is 13.8 Å². The Morgan fingerprint density at radius 2 is 1.75 bits per heavy atom. The molecule has 0 spiro atoms. The van der Waals surface area contributed by atoms with Crippen molar-refractivity contribution in [1.29, 1.82) is 0 Å². The maximum Gasteiger partial charge on any atom is 0.154 e. The molecule has 0 fully saturated rings. The third-order valence-electron chi connectivity index (χ3n) is 2.13. The molecule has 2 N–H and O–H groups in total.